The summed E-state index contributed by atoms with van der Waals surface area (Å²) in [7, 11) is 1.95. The number of carbonyl (C=O) groups is 2. The number of hydrogen-bond acceptors (Lipinski definition) is 4. The molecule has 2 heterocycles. The van der Waals surface area contributed by atoms with Gasteiger partial charge in [0.05, 0.1) is 17.8 Å². The van der Waals surface area contributed by atoms with Crippen LogP contribution in [0.1, 0.15) is 72.5 Å². The van der Waals surface area contributed by atoms with E-state index in [0.717, 1.165) is 48.6 Å². The Kier molecular flexibility index (Phi) is 6.24. The van der Waals surface area contributed by atoms with Gasteiger partial charge in [0.25, 0.3) is 5.91 Å². The van der Waals surface area contributed by atoms with E-state index in [-0.39, 0.29) is 35.8 Å². The Morgan fingerprint density at radius 1 is 1.08 bits per heavy atom. The molecule has 1 aromatic heterocycles. The van der Waals surface area contributed by atoms with Crippen LogP contribution in [0.5, 0.6) is 0 Å². The monoisotopic (exact) mass is 503 g/mol. The molecule has 7 nitrogen and oxygen atoms in total. The molecule has 3 aromatic rings. The van der Waals surface area contributed by atoms with E-state index in [2.05, 4.69) is 39.7 Å². The summed E-state index contributed by atoms with van der Waals surface area (Å²) < 4.78 is 15.7. The first kappa shape index (κ1) is 24.1. The fourth-order valence-electron chi connectivity index (χ4n) is 6.10. The normalized spacial score (nSPS) is 26.0. The van der Waals surface area contributed by atoms with E-state index in [9.17, 15) is 14.0 Å². The smallest absolute Gasteiger partial charge is 0.253 e. The number of fused-ring (bicyclic) bond motifs is 2. The molecule has 4 N–H and O–H groups in total. The molecular formula is C29H34FN5O2. The molecule has 2 aliphatic carbocycles. The topological polar surface area (TPSA) is 87.2 Å². The summed E-state index contributed by atoms with van der Waals surface area (Å²) in [6.45, 7) is 1.87. The highest BCUT2D eigenvalue weighted by molar-refractivity contribution is 6.07. The van der Waals surface area contributed by atoms with Gasteiger partial charge in [0.1, 0.15) is 5.82 Å². The molecule has 2 aromatic carbocycles. The van der Waals surface area contributed by atoms with Gasteiger partial charge in [-0.15, -0.1) is 0 Å². The van der Waals surface area contributed by atoms with Crippen LogP contribution in [0.2, 0.25) is 0 Å². The maximum absolute atomic E-state index is 13.7. The molecule has 8 heteroatoms. The summed E-state index contributed by atoms with van der Waals surface area (Å²) in [5, 5.41) is 7.16. The summed E-state index contributed by atoms with van der Waals surface area (Å²) >= 11 is 0. The van der Waals surface area contributed by atoms with Gasteiger partial charge in [-0.3, -0.25) is 15.0 Å². The first-order chi connectivity index (χ1) is 17.9. The number of halogens is 1. The number of rotatable bonds is 6. The number of hydrogen-bond donors (Lipinski definition) is 4. The lowest BCUT2D eigenvalue weighted by Gasteiger charge is -2.33. The zero-order chi connectivity index (χ0) is 25.7. The van der Waals surface area contributed by atoms with E-state index < -0.39 is 0 Å². The van der Waals surface area contributed by atoms with Crippen LogP contribution in [0, 0.1) is 17.7 Å². The van der Waals surface area contributed by atoms with Crippen molar-refractivity contribution in [3.63, 3.8) is 0 Å². The molecule has 5 atom stereocenters. The van der Waals surface area contributed by atoms with E-state index in [1.54, 1.807) is 6.07 Å². The summed E-state index contributed by atoms with van der Waals surface area (Å²) in [5.74, 6) is 0.656. The van der Waals surface area contributed by atoms with Gasteiger partial charge in [0.2, 0.25) is 5.91 Å². The quantitative estimate of drug-likeness (QED) is 0.409. The number of nitrogens with one attached hydrogen (secondary N) is 4. The average Bonchev–Trinajstić information content (AvgIpc) is 3.60. The van der Waals surface area contributed by atoms with Gasteiger partial charge in [0.15, 0.2) is 0 Å². The summed E-state index contributed by atoms with van der Waals surface area (Å²) in [6, 6.07) is 12.8. The summed E-state index contributed by atoms with van der Waals surface area (Å²) in [4.78, 5) is 25.6. The van der Waals surface area contributed by atoms with Gasteiger partial charge in [0, 0.05) is 42.0 Å². The SMILES string of the molecule is C[C@H](NC(=O)c1cn(C)c2ccc(C3CCC4C(C3)NNC4NC(=O)C3CC3)cc12)c1cccc(F)c1. The largest absolute Gasteiger partial charge is 0.350 e. The van der Waals surface area contributed by atoms with Crippen LogP contribution in [0.3, 0.4) is 0 Å². The lowest BCUT2D eigenvalue weighted by atomic mass is 9.75. The highest BCUT2D eigenvalue weighted by Crippen LogP contribution is 2.40. The summed E-state index contributed by atoms with van der Waals surface area (Å²) in [5.41, 5.74) is 10.3. The number of amides is 2. The molecule has 0 bridgehead atoms. The third kappa shape index (κ3) is 4.76. The van der Waals surface area contributed by atoms with Crippen molar-refractivity contribution < 1.29 is 14.0 Å². The lowest BCUT2D eigenvalue weighted by molar-refractivity contribution is -0.123. The molecule has 0 spiro atoms. The molecule has 3 fully saturated rings. The molecule has 1 saturated heterocycles. The fraction of sp³-hybridized carbons (Fsp3) is 0.448. The molecule has 194 valence electrons. The van der Waals surface area contributed by atoms with E-state index in [1.165, 1.54) is 17.7 Å². The highest BCUT2D eigenvalue weighted by Gasteiger charge is 2.42. The Morgan fingerprint density at radius 2 is 1.92 bits per heavy atom. The van der Waals surface area contributed by atoms with Crippen molar-refractivity contribution in [3.8, 4) is 0 Å². The van der Waals surface area contributed by atoms with Gasteiger partial charge in [-0.25, -0.2) is 9.82 Å². The van der Waals surface area contributed by atoms with Crippen LogP contribution in [0.15, 0.2) is 48.7 Å². The number of benzene rings is 2. The molecule has 6 rings (SSSR count). The predicted molar refractivity (Wildman–Crippen MR) is 140 cm³/mol. The lowest BCUT2D eigenvalue weighted by Crippen LogP contribution is -2.47. The molecule has 0 radical (unpaired) electrons. The fourth-order valence-corrected chi connectivity index (χ4v) is 6.10. The number of hydrazine groups is 1. The molecule has 3 aliphatic rings. The van der Waals surface area contributed by atoms with E-state index in [0.29, 0.717) is 23.4 Å². The van der Waals surface area contributed by atoms with Crippen molar-refractivity contribution in [1.82, 2.24) is 26.1 Å². The van der Waals surface area contributed by atoms with Gasteiger partial charge < -0.3 is 15.2 Å². The van der Waals surface area contributed by atoms with Crippen molar-refractivity contribution in [2.75, 3.05) is 0 Å². The van der Waals surface area contributed by atoms with E-state index in [4.69, 9.17) is 0 Å². The first-order valence-corrected chi connectivity index (χ1v) is 13.3. The van der Waals surface area contributed by atoms with E-state index in [1.807, 2.05) is 30.8 Å². The molecular weight excluding hydrogens is 469 g/mol. The Morgan fingerprint density at radius 3 is 2.70 bits per heavy atom. The second-order valence-corrected chi connectivity index (χ2v) is 11.0. The molecule has 2 saturated carbocycles. The molecule has 2 amide bonds. The van der Waals surface area contributed by atoms with Crippen LogP contribution < -0.4 is 21.5 Å². The van der Waals surface area contributed by atoms with Gasteiger partial charge in [-0.05, 0) is 80.3 Å². The number of nitrogens with zero attached hydrogens (tertiary/aromatic N) is 1. The van der Waals surface area contributed by atoms with Crippen LogP contribution in [-0.2, 0) is 11.8 Å². The van der Waals surface area contributed by atoms with Crippen LogP contribution in [0.25, 0.3) is 10.9 Å². The zero-order valence-electron chi connectivity index (χ0n) is 21.3. The Labute approximate surface area is 216 Å². The van der Waals surface area contributed by atoms with Gasteiger partial charge in [-0.1, -0.05) is 18.2 Å². The van der Waals surface area contributed by atoms with Crippen LogP contribution >= 0.6 is 0 Å². The maximum Gasteiger partial charge on any atom is 0.253 e. The third-order valence-corrected chi connectivity index (χ3v) is 8.43. The van der Waals surface area contributed by atoms with Gasteiger partial charge in [-0.2, -0.15) is 0 Å². The molecule has 4 unspecified atom stereocenters. The average molecular weight is 504 g/mol. The van der Waals surface area contributed by atoms with Crippen molar-refractivity contribution in [2.45, 2.75) is 63.2 Å². The Balaban J connectivity index is 1.18. The maximum atomic E-state index is 13.7. The van der Waals surface area contributed by atoms with Crippen molar-refractivity contribution in [3.05, 3.63) is 71.2 Å². The standard InChI is InChI=1S/C29H34FN5O2/c1-16(18-4-3-5-21(30)12-18)31-29(37)24-15-35(2)26-11-9-19(13-23(24)26)20-8-10-22-25(14-20)33-34-27(22)32-28(36)17-6-7-17/h3-5,9,11-13,15-17,20,22,25,27,33-34H,6-8,10,14H2,1-2H3,(H,31,37)(H,32,36)/t16-,20?,22?,25?,27?/m0/s1. The first-order valence-electron chi connectivity index (χ1n) is 13.3. The predicted octanol–water partition coefficient (Wildman–Crippen LogP) is 4.02. The van der Waals surface area contributed by atoms with Crippen molar-refractivity contribution in [2.24, 2.45) is 18.9 Å². The van der Waals surface area contributed by atoms with Crippen LogP contribution in [0.4, 0.5) is 4.39 Å². The number of carbonyl (C=O) groups excluding carboxylic acids is 2. The number of aryl methyl sites for hydroxylation is 1. The highest BCUT2D eigenvalue weighted by atomic mass is 19.1. The molecule has 1 aliphatic heterocycles. The van der Waals surface area contributed by atoms with Crippen LogP contribution in [-0.4, -0.2) is 28.6 Å². The third-order valence-electron chi connectivity index (χ3n) is 8.43. The van der Waals surface area contributed by atoms with Crippen molar-refractivity contribution >= 4 is 22.7 Å². The zero-order valence-corrected chi connectivity index (χ0v) is 21.3. The second kappa shape index (κ2) is 9.58. The number of aromatic nitrogens is 1. The molecule has 37 heavy (non-hydrogen) atoms. The van der Waals surface area contributed by atoms with E-state index >= 15 is 0 Å². The minimum Gasteiger partial charge on any atom is -0.350 e. The second-order valence-electron chi connectivity index (χ2n) is 11.0. The summed E-state index contributed by atoms with van der Waals surface area (Å²) in [6.07, 6.45) is 6.92. The van der Waals surface area contributed by atoms with Crippen molar-refractivity contribution in [1.29, 1.82) is 0 Å². The van der Waals surface area contributed by atoms with Gasteiger partial charge >= 0.3 is 0 Å². The minimum absolute atomic E-state index is 0.00830. The minimum atomic E-state index is -0.314. The Bertz CT molecular complexity index is 1350. The Hall–Kier alpha value is -3.23.